The minimum absolute atomic E-state index is 0.00449. The van der Waals surface area contributed by atoms with Crippen molar-refractivity contribution in [3.05, 3.63) is 22.7 Å². The van der Waals surface area contributed by atoms with E-state index < -0.39 is 33.5 Å². The molecular formula is C22H34BrN3O7S. The number of sulfonamides is 1. The van der Waals surface area contributed by atoms with Gasteiger partial charge in [0.05, 0.1) is 5.69 Å². The number of nitrogens with zero attached hydrogens (tertiary/aromatic N) is 2. The van der Waals surface area contributed by atoms with Gasteiger partial charge < -0.3 is 24.4 Å². The van der Waals surface area contributed by atoms with Crippen molar-refractivity contribution in [3.63, 3.8) is 0 Å². The van der Waals surface area contributed by atoms with Crippen LogP contribution in [-0.4, -0.2) is 80.4 Å². The fourth-order valence-electron chi connectivity index (χ4n) is 3.04. The number of nitrogens with one attached hydrogen (secondary N) is 1. The van der Waals surface area contributed by atoms with E-state index in [1.165, 1.54) is 15.3 Å². The number of piperazine rings is 1. The fraction of sp³-hybridized carbons (Fsp3) is 0.636. The van der Waals surface area contributed by atoms with Crippen LogP contribution in [0, 0.1) is 0 Å². The number of amides is 1. The number of benzene rings is 1. The molecule has 10 nitrogen and oxygen atoms in total. The van der Waals surface area contributed by atoms with Gasteiger partial charge in [-0.15, -0.1) is 0 Å². The van der Waals surface area contributed by atoms with Gasteiger partial charge in [0, 0.05) is 37.2 Å². The number of hydrogen-bond donors (Lipinski definition) is 1. The molecule has 0 bridgehead atoms. The molecule has 0 atom stereocenters. The normalized spacial score (nSPS) is 15.6. The summed E-state index contributed by atoms with van der Waals surface area (Å²) >= 11 is 3.36. The highest BCUT2D eigenvalue weighted by atomic mass is 79.9. The van der Waals surface area contributed by atoms with E-state index in [1.54, 1.807) is 53.7 Å². The first-order chi connectivity index (χ1) is 15.6. The van der Waals surface area contributed by atoms with E-state index in [4.69, 9.17) is 14.2 Å². The third kappa shape index (κ3) is 8.62. The smallest absolute Gasteiger partial charge is 0.444 e. The Balaban J connectivity index is 2.02. The summed E-state index contributed by atoms with van der Waals surface area (Å²) in [6, 6.07) is 4.81. The third-order valence-corrected chi connectivity index (χ3v) is 6.93. The van der Waals surface area contributed by atoms with Gasteiger partial charge in [0.1, 0.15) is 22.7 Å². The van der Waals surface area contributed by atoms with Crippen molar-refractivity contribution >= 4 is 43.9 Å². The van der Waals surface area contributed by atoms with E-state index in [9.17, 15) is 18.0 Å². The van der Waals surface area contributed by atoms with Crippen LogP contribution < -0.4 is 5.32 Å². The summed E-state index contributed by atoms with van der Waals surface area (Å²) in [6.45, 7) is 11.5. The Bertz CT molecular complexity index is 979. The SMILES string of the molecule is CC(C)(C)OC(=O)OCCNc1cc(Br)ccc1S(=O)(=O)N1CCN(C(=O)OC(C)(C)C)CC1. The second-order valence-corrected chi connectivity index (χ2v) is 12.6. The van der Waals surface area contributed by atoms with Crippen LogP contribution in [0.25, 0.3) is 0 Å². The minimum Gasteiger partial charge on any atom is -0.444 e. The van der Waals surface area contributed by atoms with Crippen LogP contribution in [0.3, 0.4) is 0 Å². The Kier molecular flexibility index (Phi) is 9.23. The summed E-state index contributed by atoms with van der Waals surface area (Å²) in [5.74, 6) is 0. The molecule has 1 heterocycles. The molecule has 1 aromatic rings. The molecule has 2 rings (SSSR count). The van der Waals surface area contributed by atoms with Crippen LogP contribution in [0.2, 0.25) is 0 Å². The van der Waals surface area contributed by atoms with Crippen LogP contribution >= 0.6 is 15.9 Å². The van der Waals surface area contributed by atoms with Gasteiger partial charge in [-0.1, -0.05) is 15.9 Å². The lowest BCUT2D eigenvalue weighted by Crippen LogP contribution is -2.51. The minimum atomic E-state index is -3.83. The molecule has 1 aliphatic rings. The molecule has 12 heteroatoms. The largest absolute Gasteiger partial charge is 0.508 e. The Morgan fingerprint density at radius 1 is 1.00 bits per heavy atom. The summed E-state index contributed by atoms with van der Waals surface area (Å²) in [5.41, 5.74) is -0.911. The summed E-state index contributed by atoms with van der Waals surface area (Å²) in [5, 5.41) is 3.02. The predicted molar refractivity (Wildman–Crippen MR) is 131 cm³/mol. The van der Waals surface area contributed by atoms with E-state index >= 15 is 0 Å². The first-order valence-electron chi connectivity index (χ1n) is 11.0. The zero-order valence-corrected chi connectivity index (χ0v) is 22.9. The number of carbonyl (C=O) groups is 2. The second-order valence-electron chi connectivity index (χ2n) is 9.75. The van der Waals surface area contributed by atoms with Crippen LogP contribution in [0.4, 0.5) is 15.3 Å². The fourth-order valence-corrected chi connectivity index (χ4v) is 4.97. The molecule has 1 N–H and O–H groups in total. The van der Waals surface area contributed by atoms with Gasteiger partial charge >= 0.3 is 12.2 Å². The maximum atomic E-state index is 13.4. The molecule has 0 spiro atoms. The molecule has 0 radical (unpaired) electrons. The molecule has 1 saturated heterocycles. The average Bonchev–Trinajstić information content (AvgIpc) is 2.68. The third-order valence-electron chi connectivity index (χ3n) is 4.48. The topological polar surface area (TPSA) is 114 Å². The lowest BCUT2D eigenvalue weighted by Gasteiger charge is -2.35. The molecular weight excluding hydrogens is 530 g/mol. The van der Waals surface area contributed by atoms with E-state index in [1.807, 2.05) is 0 Å². The monoisotopic (exact) mass is 563 g/mol. The first-order valence-corrected chi connectivity index (χ1v) is 13.2. The molecule has 1 amide bonds. The van der Waals surface area contributed by atoms with E-state index in [0.717, 1.165) is 0 Å². The molecule has 34 heavy (non-hydrogen) atoms. The molecule has 0 unspecified atom stereocenters. The number of rotatable bonds is 6. The summed E-state index contributed by atoms with van der Waals surface area (Å²) in [4.78, 5) is 25.6. The van der Waals surface area contributed by atoms with Gasteiger partial charge in [0.15, 0.2) is 0 Å². The van der Waals surface area contributed by atoms with E-state index in [0.29, 0.717) is 10.2 Å². The van der Waals surface area contributed by atoms with Gasteiger partial charge in [0.25, 0.3) is 0 Å². The van der Waals surface area contributed by atoms with Gasteiger partial charge in [-0.05, 0) is 59.7 Å². The van der Waals surface area contributed by atoms with Crippen molar-refractivity contribution in [2.24, 2.45) is 0 Å². The number of ether oxygens (including phenoxy) is 3. The maximum Gasteiger partial charge on any atom is 0.508 e. The van der Waals surface area contributed by atoms with Crippen molar-refractivity contribution in [1.29, 1.82) is 0 Å². The molecule has 0 aromatic heterocycles. The first kappa shape index (κ1) is 28.2. The zero-order chi connectivity index (χ0) is 25.7. The highest BCUT2D eigenvalue weighted by Gasteiger charge is 2.33. The van der Waals surface area contributed by atoms with Crippen LogP contribution in [0.15, 0.2) is 27.6 Å². The van der Waals surface area contributed by atoms with E-state index in [-0.39, 0.29) is 44.2 Å². The molecule has 0 saturated carbocycles. The molecule has 1 aliphatic heterocycles. The molecule has 1 aromatic carbocycles. The van der Waals surface area contributed by atoms with E-state index in [2.05, 4.69) is 21.2 Å². The summed E-state index contributed by atoms with van der Waals surface area (Å²) in [7, 11) is -3.83. The predicted octanol–water partition coefficient (Wildman–Crippen LogP) is 4.05. The Morgan fingerprint density at radius 2 is 1.59 bits per heavy atom. The zero-order valence-electron chi connectivity index (χ0n) is 20.5. The van der Waals surface area contributed by atoms with Crippen LogP contribution in [0.5, 0.6) is 0 Å². The maximum absolute atomic E-state index is 13.4. The average molecular weight is 564 g/mol. The molecule has 0 aliphatic carbocycles. The lowest BCUT2D eigenvalue weighted by molar-refractivity contribution is -0.00550. The van der Waals surface area contributed by atoms with Gasteiger partial charge in [-0.3, -0.25) is 0 Å². The quantitative estimate of drug-likeness (QED) is 0.407. The Hall–Kier alpha value is -2.05. The lowest BCUT2D eigenvalue weighted by atomic mass is 10.2. The molecule has 1 fully saturated rings. The van der Waals surface area contributed by atoms with Gasteiger partial charge in [-0.2, -0.15) is 4.31 Å². The molecule has 192 valence electrons. The van der Waals surface area contributed by atoms with Gasteiger partial charge in [-0.25, -0.2) is 18.0 Å². The van der Waals surface area contributed by atoms with Crippen LogP contribution in [0.1, 0.15) is 41.5 Å². The second kappa shape index (κ2) is 11.1. The number of hydrogen-bond acceptors (Lipinski definition) is 8. The van der Waals surface area contributed by atoms with Crippen molar-refractivity contribution in [2.75, 3.05) is 44.6 Å². The summed E-state index contributed by atoms with van der Waals surface area (Å²) < 4.78 is 44.2. The van der Waals surface area contributed by atoms with Crippen LogP contribution in [-0.2, 0) is 24.2 Å². The number of halogens is 1. The number of carbonyl (C=O) groups excluding carboxylic acids is 2. The summed E-state index contributed by atoms with van der Waals surface area (Å²) in [6.07, 6.45) is -1.25. The Morgan fingerprint density at radius 3 is 2.15 bits per heavy atom. The number of anilines is 1. The Labute approximate surface area is 210 Å². The van der Waals surface area contributed by atoms with Gasteiger partial charge in [0.2, 0.25) is 10.0 Å². The highest BCUT2D eigenvalue weighted by Crippen LogP contribution is 2.29. The van der Waals surface area contributed by atoms with Crippen molar-refractivity contribution < 1.29 is 32.2 Å². The van der Waals surface area contributed by atoms with Crippen molar-refractivity contribution in [1.82, 2.24) is 9.21 Å². The highest BCUT2D eigenvalue weighted by molar-refractivity contribution is 9.10. The van der Waals surface area contributed by atoms with Crippen molar-refractivity contribution in [2.45, 2.75) is 57.6 Å². The standard InChI is InChI=1S/C22H34BrN3O7S/c1-21(2,3)32-19(27)25-10-12-26(13-11-25)34(29,30)18-8-7-16(23)15-17(18)24-9-14-31-20(28)33-22(4,5)6/h7-8,15,24H,9-14H2,1-6H3. The van der Waals surface area contributed by atoms with Crippen molar-refractivity contribution in [3.8, 4) is 0 Å².